The van der Waals surface area contributed by atoms with Crippen LogP contribution in [0.1, 0.15) is 38.8 Å². The maximum absolute atomic E-state index is 14.0. The number of carbonyl (C=O) groups excluding carboxylic acids is 1. The highest BCUT2D eigenvalue weighted by Crippen LogP contribution is 2.44. The number of hydrogen-bond donors (Lipinski definition) is 0. The average molecular weight is 534 g/mol. The smallest absolute Gasteiger partial charge is 0.278 e. The number of pyridine rings is 1. The van der Waals surface area contributed by atoms with E-state index in [4.69, 9.17) is 14.2 Å². The highest BCUT2D eigenvalue weighted by atomic mass is 16.5. The zero-order valence-corrected chi connectivity index (χ0v) is 21.7. The molecule has 200 valence electrons. The topological polar surface area (TPSA) is 73.2 Å². The summed E-state index contributed by atoms with van der Waals surface area (Å²) in [5.41, 5.74) is 3.66. The van der Waals surface area contributed by atoms with Gasteiger partial charge in [0.05, 0.1) is 0 Å². The van der Waals surface area contributed by atoms with Crippen molar-refractivity contribution in [2.45, 2.75) is 19.3 Å². The number of rotatable bonds is 3. The molecule has 1 unspecified atom stereocenters. The van der Waals surface area contributed by atoms with Crippen molar-refractivity contribution in [2.24, 2.45) is 0 Å². The Bertz CT molecular complexity index is 1680. The zero-order chi connectivity index (χ0) is 27.1. The second-order valence-electron chi connectivity index (χ2n) is 9.93. The monoisotopic (exact) mass is 533 g/mol. The SMILES string of the molecule is O=C1c2c(OCc3ccccc3)c(=O)ccn2N2CN1C/C=C\COc1cccc3c1C2c1ccccc1OC3. The van der Waals surface area contributed by atoms with Gasteiger partial charge in [-0.3, -0.25) is 19.3 Å². The summed E-state index contributed by atoms with van der Waals surface area (Å²) < 4.78 is 20.4. The number of aromatic nitrogens is 1. The summed E-state index contributed by atoms with van der Waals surface area (Å²) in [4.78, 5) is 28.9. The quantitative estimate of drug-likeness (QED) is 0.364. The van der Waals surface area contributed by atoms with Crippen LogP contribution in [0.15, 0.2) is 102 Å². The highest BCUT2D eigenvalue weighted by molar-refractivity contribution is 5.96. The van der Waals surface area contributed by atoms with Crippen molar-refractivity contribution < 1.29 is 19.0 Å². The first-order valence-corrected chi connectivity index (χ1v) is 13.3. The number of nitrogens with zero attached hydrogens (tertiary/aromatic N) is 3. The van der Waals surface area contributed by atoms with Crippen molar-refractivity contribution in [3.8, 4) is 17.2 Å². The fourth-order valence-corrected chi connectivity index (χ4v) is 5.61. The van der Waals surface area contributed by atoms with Gasteiger partial charge < -0.3 is 19.1 Å². The molecule has 3 aliphatic rings. The number of amides is 1. The summed E-state index contributed by atoms with van der Waals surface area (Å²) in [7, 11) is 0. The van der Waals surface area contributed by atoms with E-state index in [0.717, 1.165) is 33.8 Å². The molecule has 3 aromatic carbocycles. The summed E-state index contributed by atoms with van der Waals surface area (Å²) >= 11 is 0. The maximum atomic E-state index is 14.0. The molecular formula is C32H27N3O5. The van der Waals surface area contributed by atoms with Crippen molar-refractivity contribution >= 4 is 5.91 Å². The Balaban J connectivity index is 1.45. The molecule has 8 nitrogen and oxygen atoms in total. The number of para-hydroxylation sites is 1. The molecule has 2 bridgehead atoms. The third-order valence-corrected chi connectivity index (χ3v) is 7.50. The van der Waals surface area contributed by atoms with Crippen molar-refractivity contribution in [1.82, 2.24) is 9.58 Å². The van der Waals surface area contributed by atoms with Crippen molar-refractivity contribution in [1.29, 1.82) is 0 Å². The highest BCUT2D eigenvalue weighted by Gasteiger charge is 2.40. The molecule has 1 aromatic heterocycles. The van der Waals surface area contributed by atoms with Crippen LogP contribution in [0.3, 0.4) is 0 Å². The number of hydrogen-bond acceptors (Lipinski definition) is 6. The van der Waals surface area contributed by atoms with Crippen LogP contribution >= 0.6 is 0 Å². The van der Waals surface area contributed by atoms with E-state index in [1.165, 1.54) is 6.07 Å². The van der Waals surface area contributed by atoms with Gasteiger partial charge in [0.2, 0.25) is 5.43 Å². The molecule has 1 atom stereocenters. The molecule has 0 N–H and O–H groups in total. The number of carbonyl (C=O) groups is 1. The molecule has 0 fully saturated rings. The maximum Gasteiger partial charge on any atom is 0.278 e. The van der Waals surface area contributed by atoms with Crippen LogP contribution in [0.5, 0.6) is 17.2 Å². The molecule has 0 spiro atoms. The predicted octanol–water partition coefficient (Wildman–Crippen LogP) is 4.41. The second kappa shape index (κ2) is 9.96. The Morgan fingerprint density at radius 1 is 0.850 bits per heavy atom. The largest absolute Gasteiger partial charge is 0.489 e. The minimum atomic E-state index is -0.373. The van der Waals surface area contributed by atoms with Crippen LogP contribution in [-0.4, -0.2) is 35.3 Å². The zero-order valence-electron chi connectivity index (χ0n) is 21.7. The third kappa shape index (κ3) is 4.09. The van der Waals surface area contributed by atoms with Crippen molar-refractivity contribution in [3.63, 3.8) is 0 Å². The van der Waals surface area contributed by atoms with Crippen molar-refractivity contribution in [2.75, 3.05) is 24.8 Å². The van der Waals surface area contributed by atoms with E-state index in [1.54, 1.807) is 15.8 Å². The van der Waals surface area contributed by atoms with Gasteiger partial charge in [0, 0.05) is 29.9 Å². The van der Waals surface area contributed by atoms with E-state index in [0.29, 0.717) is 19.8 Å². The molecule has 0 aliphatic carbocycles. The van der Waals surface area contributed by atoms with E-state index >= 15 is 0 Å². The molecule has 1 amide bonds. The van der Waals surface area contributed by atoms with Gasteiger partial charge in [-0.1, -0.05) is 66.7 Å². The van der Waals surface area contributed by atoms with Crippen LogP contribution in [0, 0.1) is 0 Å². The second-order valence-corrected chi connectivity index (χ2v) is 9.93. The van der Waals surface area contributed by atoms with Gasteiger partial charge in [-0.05, 0) is 29.3 Å². The molecule has 8 heteroatoms. The van der Waals surface area contributed by atoms with Crippen LogP contribution in [0.4, 0.5) is 0 Å². The first-order chi connectivity index (χ1) is 19.7. The summed E-state index contributed by atoms with van der Waals surface area (Å²) in [6.07, 6.45) is 5.50. The van der Waals surface area contributed by atoms with Gasteiger partial charge in [0.1, 0.15) is 44.0 Å². The third-order valence-electron chi connectivity index (χ3n) is 7.50. The Morgan fingerprint density at radius 3 is 2.58 bits per heavy atom. The summed E-state index contributed by atoms with van der Waals surface area (Å²) in [5, 5.41) is 2.09. The molecule has 0 radical (unpaired) electrons. The van der Waals surface area contributed by atoms with E-state index < -0.39 is 0 Å². The molecular weight excluding hydrogens is 506 g/mol. The Labute approximate surface area is 231 Å². The molecule has 40 heavy (non-hydrogen) atoms. The predicted molar refractivity (Wildman–Crippen MR) is 149 cm³/mol. The van der Waals surface area contributed by atoms with Crippen LogP contribution in [-0.2, 0) is 13.2 Å². The van der Waals surface area contributed by atoms with Gasteiger partial charge >= 0.3 is 0 Å². The minimum Gasteiger partial charge on any atom is -0.489 e. The van der Waals surface area contributed by atoms with Gasteiger partial charge in [0.25, 0.3) is 5.91 Å². The molecule has 0 saturated carbocycles. The van der Waals surface area contributed by atoms with Gasteiger partial charge in [-0.15, -0.1) is 0 Å². The standard InChI is InChI=1S/C32H27N3O5/c36-25-15-17-34-30(31(25)40-19-22-9-2-1-3-10-22)32(37)33-16-6-7-18-38-27-14-8-11-23-20-39-26-13-5-4-12-24(26)29(28(23)27)35(34)21-33/h1-15,17,29H,16,18-21H2/b7-6-. The Hall–Kier alpha value is -4.98. The van der Waals surface area contributed by atoms with Crippen LogP contribution in [0.2, 0.25) is 0 Å². The molecule has 4 aromatic rings. The molecule has 3 aliphatic heterocycles. The fraction of sp³-hybridized carbons (Fsp3) is 0.188. The molecule has 4 heterocycles. The van der Waals surface area contributed by atoms with Gasteiger partial charge in [0.15, 0.2) is 11.4 Å². The first-order valence-electron chi connectivity index (χ1n) is 13.3. The summed E-state index contributed by atoms with van der Waals surface area (Å²) in [6.45, 7) is 1.55. The Kier molecular flexibility index (Phi) is 6.00. The Morgan fingerprint density at radius 2 is 1.68 bits per heavy atom. The fourth-order valence-electron chi connectivity index (χ4n) is 5.61. The summed E-state index contributed by atoms with van der Waals surface area (Å²) in [5.74, 6) is 1.27. The van der Waals surface area contributed by atoms with Crippen molar-refractivity contribution in [3.05, 3.63) is 135 Å². The lowest BCUT2D eigenvalue weighted by atomic mass is 9.93. The average Bonchev–Trinajstić information content (AvgIpc) is 3.17. The van der Waals surface area contributed by atoms with Gasteiger partial charge in [-0.25, -0.2) is 0 Å². The molecule has 7 rings (SSSR count). The van der Waals surface area contributed by atoms with Crippen LogP contribution in [0.25, 0.3) is 0 Å². The number of benzene rings is 3. The number of ether oxygens (including phenoxy) is 3. The van der Waals surface area contributed by atoms with E-state index in [1.807, 2.05) is 84.9 Å². The lowest BCUT2D eigenvalue weighted by molar-refractivity contribution is 0.0698. The van der Waals surface area contributed by atoms with Gasteiger partial charge in [-0.2, -0.15) is 0 Å². The summed E-state index contributed by atoms with van der Waals surface area (Å²) in [6, 6.07) is 24.6. The lowest BCUT2D eigenvalue weighted by Gasteiger charge is -2.44. The van der Waals surface area contributed by atoms with Crippen LogP contribution < -0.4 is 24.6 Å². The first kappa shape index (κ1) is 24.1. The number of fused-ring (bicyclic) bond motifs is 7. The van der Waals surface area contributed by atoms with E-state index in [-0.39, 0.29) is 42.1 Å². The molecule has 0 saturated heterocycles. The van der Waals surface area contributed by atoms with E-state index in [2.05, 4.69) is 5.01 Å². The normalized spacial score (nSPS) is 18.1. The van der Waals surface area contributed by atoms with E-state index in [9.17, 15) is 9.59 Å². The minimum absolute atomic E-state index is 0.0350. The lowest BCUT2D eigenvalue weighted by Crippen LogP contribution is -2.55.